The van der Waals surface area contributed by atoms with Crippen LogP contribution in [0.25, 0.3) is 11.6 Å². The lowest BCUT2D eigenvalue weighted by atomic mass is 10.1. The maximum absolute atomic E-state index is 13.7. The molecule has 3 aromatic rings. The molecule has 0 bridgehead atoms. The molecule has 150 valence electrons. The van der Waals surface area contributed by atoms with Gasteiger partial charge in [0, 0.05) is 5.56 Å². The van der Waals surface area contributed by atoms with Gasteiger partial charge < -0.3 is 15.6 Å². The number of hydrogen-bond acceptors (Lipinski definition) is 6. The molecule has 0 saturated carbocycles. The molecule has 3 rings (SSSR count). The number of anilines is 1. The number of aliphatic hydroxyl groups excluding tert-OH is 1. The number of nitrogens with zero attached hydrogens (tertiary/aromatic N) is 4. The average Bonchev–Trinajstić information content (AvgIpc) is 3.07. The largest absolute Gasteiger partial charge is 0.489 e. The van der Waals surface area contributed by atoms with Gasteiger partial charge in [0.05, 0.1) is 18.7 Å². The molecule has 2 aromatic carbocycles. The van der Waals surface area contributed by atoms with E-state index in [1.165, 1.54) is 10.7 Å². The van der Waals surface area contributed by atoms with Gasteiger partial charge in [-0.05, 0) is 29.8 Å². The molecule has 0 spiro atoms. The standard InChI is InChI=1S/C22H18FN5O2/c23-20-4-2-1-3-16(20)14-30-18-7-5-15(6-8-18)11-17(12-24)21-19(13-25)22(26)28(27-21)9-10-29/h1-8,11,29H,9-10,14,26H2. The molecule has 0 aliphatic rings. The summed E-state index contributed by atoms with van der Waals surface area (Å²) in [6.45, 7) is 0.0157. The van der Waals surface area contributed by atoms with Crippen LogP contribution >= 0.6 is 0 Å². The molecule has 1 heterocycles. The topological polar surface area (TPSA) is 121 Å². The first-order valence-electron chi connectivity index (χ1n) is 9.03. The number of hydrogen-bond donors (Lipinski definition) is 2. The van der Waals surface area contributed by atoms with E-state index in [2.05, 4.69) is 5.10 Å². The molecule has 7 nitrogen and oxygen atoms in total. The normalized spacial score (nSPS) is 11.0. The zero-order chi connectivity index (χ0) is 21.5. The second-order valence-corrected chi connectivity index (χ2v) is 6.29. The summed E-state index contributed by atoms with van der Waals surface area (Å²) in [5, 5.41) is 32.2. The lowest BCUT2D eigenvalue weighted by Crippen LogP contribution is -2.07. The van der Waals surface area contributed by atoms with E-state index in [9.17, 15) is 14.9 Å². The monoisotopic (exact) mass is 403 g/mol. The van der Waals surface area contributed by atoms with Crippen LogP contribution in [0.15, 0.2) is 48.5 Å². The van der Waals surface area contributed by atoms with Crippen LogP contribution in [-0.4, -0.2) is 21.5 Å². The third-order valence-electron chi connectivity index (χ3n) is 4.33. The number of nitriles is 2. The minimum atomic E-state index is -0.330. The molecular formula is C22H18FN5O2. The second-order valence-electron chi connectivity index (χ2n) is 6.29. The van der Waals surface area contributed by atoms with Crippen LogP contribution in [-0.2, 0) is 13.2 Å². The van der Waals surface area contributed by atoms with Crippen LogP contribution in [0, 0.1) is 28.5 Å². The van der Waals surface area contributed by atoms with Crippen LogP contribution in [0.4, 0.5) is 10.2 Å². The van der Waals surface area contributed by atoms with E-state index in [1.807, 2.05) is 12.1 Å². The van der Waals surface area contributed by atoms with Gasteiger partial charge in [0.2, 0.25) is 0 Å². The molecule has 8 heteroatoms. The predicted molar refractivity (Wildman–Crippen MR) is 109 cm³/mol. The zero-order valence-electron chi connectivity index (χ0n) is 15.9. The van der Waals surface area contributed by atoms with E-state index in [1.54, 1.807) is 48.5 Å². The summed E-state index contributed by atoms with van der Waals surface area (Å²) < 4.78 is 20.6. The van der Waals surface area contributed by atoms with Crippen molar-refractivity contribution in [3.8, 4) is 17.9 Å². The molecule has 0 saturated heterocycles. The first-order valence-corrected chi connectivity index (χ1v) is 9.03. The fourth-order valence-electron chi connectivity index (χ4n) is 2.80. The summed E-state index contributed by atoms with van der Waals surface area (Å²) in [6, 6.07) is 17.2. The van der Waals surface area contributed by atoms with Crippen LogP contribution in [0.2, 0.25) is 0 Å². The number of benzene rings is 2. The van der Waals surface area contributed by atoms with Gasteiger partial charge in [0.25, 0.3) is 0 Å². The second kappa shape index (κ2) is 9.37. The van der Waals surface area contributed by atoms with Crippen molar-refractivity contribution in [2.24, 2.45) is 0 Å². The Morgan fingerprint density at radius 1 is 1.20 bits per heavy atom. The highest BCUT2D eigenvalue weighted by atomic mass is 19.1. The number of allylic oxidation sites excluding steroid dienone is 1. The van der Waals surface area contributed by atoms with Crippen molar-refractivity contribution in [2.75, 3.05) is 12.3 Å². The molecule has 0 fully saturated rings. The lowest BCUT2D eigenvalue weighted by Gasteiger charge is -2.07. The van der Waals surface area contributed by atoms with E-state index < -0.39 is 0 Å². The van der Waals surface area contributed by atoms with E-state index in [0.717, 1.165) is 0 Å². The first-order chi connectivity index (χ1) is 14.6. The van der Waals surface area contributed by atoms with Gasteiger partial charge in [0.1, 0.15) is 47.4 Å². The third-order valence-corrected chi connectivity index (χ3v) is 4.33. The summed E-state index contributed by atoms with van der Waals surface area (Å²) >= 11 is 0. The molecule has 30 heavy (non-hydrogen) atoms. The fraction of sp³-hybridized carbons (Fsp3) is 0.136. The Kier molecular flexibility index (Phi) is 6.43. The number of aliphatic hydroxyl groups is 1. The molecule has 1 aromatic heterocycles. The van der Waals surface area contributed by atoms with E-state index in [0.29, 0.717) is 16.9 Å². The van der Waals surface area contributed by atoms with E-state index >= 15 is 0 Å². The first kappa shape index (κ1) is 20.6. The number of nitrogen functional groups attached to an aromatic ring is 1. The fourth-order valence-corrected chi connectivity index (χ4v) is 2.80. The SMILES string of the molecule is N#CC(=Cc1ccc(OCc2ccccc2F)cc1)c1nn(CCO)c(N)c1C#N. The number of nitrogens with two attached hydrogens (primary N) is 1. The number of rotatable bonds is 7. The van der Waals surface area contributed by atoms with Crippen molar-refractivity contribution in [3.05, 3.63) is 76.7 Å². The third kappa shape index (κ3) is 4.46. The molecule has 0 unspecified atom stereocenters. The van der Waals surface area contributed by atoms with Crippen molar-refractivity contribution in [2.45, 2.75) is 13.2 Å². The van der Waals surface area contributed by atoms with Crippen LogP contribution in [0.1, 0.15) is 22.4 Å². The Labute approximate surface area is 172 Å². The maximum atomic E-state index is 13.7. The predicted octanol–water partition coefficient (Wildman–Crippen LogP) is 3.11. The lowest BCUT2D eigenvalue weighted by molar-refractivity contribution is 0.270. The van der Waals surface area contributed by atoms with Crippen molar-refractivity contribution < 1.29 is 14.2 Å². The van der Waals surface area contributed by atoms with Gasteiger partial charge >= 0.3 is 0 Å². The van der Waals surface area contributed by atoms with Gasteiger partial charge in [-0.3, -0.25) is 0 Å². The summed E-state index contributed by atoms with van der Waals surface area (Å²) in [6.07, 6.45) is 1.58. The molecule has 3 N–H and O–H groups in total. The van der Waals surface area contributed by atoms with Crippen molar-refractivity contribution >= 4 is 17.5 Å². The molecule has 0 aliphatic carbocycles. The Morgan fingerprint density at radius 2 is 1.93 bits per heavy atom. The Bertz CT molecular complexity index is 1150. The molecular weight excluding hydrogens is 385 g/mol. The van der Waals surface area contributed by atoms with Crippen LogP contribution in [0.5, 0.6) is 5.75 Å². The highest BCUT2D eigenvalue weighted by molar-refractivity contribution is 5.91. The van der Waals surface area contributed by atoms with Gasteiger partial charge in [-0.2, -0.15) is 15.6 Å². The Balaban J connectivity index is 1.80. The molecule has 0 radical (unpaired) electrons. The van der Waals surface area contributed by atoms with Crippen LogP contribution in [0.3, 0.4) is 0 Å². The Hall–Kier alpha value is -4.14. The quantitative estimate of drug-likeness (QED) is 0.585. The summed E-state index contributed by atoms with van der Waals surface area (Å²) in [4.78, 5) is 0. The van der Waals surface area contributed by atoms with Gasteiger partial charge in [-0.15, -0.1) is 0 Å². The molecule has 0 aliphatic heterocycles. The minimum absolute atomic E-state index is 0.0843. The van der Waals surface area contributed by atoms with E-state index in [4.69, 9.17) is 15.6 Å². The van der Waals surface area contributed by atoms with Gasteiger partial charge in [-0.1, -0.05) is 30.3 Å². The van der Waals surface area contributed by atoms with Crippen molar-refractivity contribution in [1.82, 2.24) is 9.78 Å². The highest BCUT2D eigenvalue weighted by Crippen LogP contribution is 2.25. The summed E-state index contributed by atoms with van der Waals surface area (Å²) in [5.41, 5.74) is 7.43. The summed E-state index contributed by atoms with van der Waals surface area (Å²) in [7, 11) is 0. The van der Waals surface area contributed by atoms with Crippen LogP contribution < -0.4 is 10.5 Å². The summed E-state index contributed by atoms with van der Waals surface area (Å²) in [5.74, 6) is 0.312. The van der Waals surface area contributed by atoms with Crippen molar-refractivity contribution in [1.29, 1.82) is 10.5 Å². The average molecular weight is 403 g/mol. The maximum Gasteiger partial charge on any atom is 0.140 e. The highest BCUT2D eigenvalue weighted by Gasteiger charge is 2.18. The number of ether oxygens (including phenoxy) is 1. The number of halogens is 1. The van der Waals surface area contributed by atoms with Crippen molar-refractivity contribution in [3.63, 3.8) is 0 Å². The number of aromatic nitrogens is 2. The minimum Gasteiger partial charge on any atom is -0.489 e. The zero-order valence-corrected chi connectivity index (χ0v) is 15.9. The molecule has 0 atom stereocenters. The van der Waals surface area contributed by atoms with Gasteiger partial charge in [0.15, 0.2) is 0 Å². The Morgan fingerprint density at radius 3 is 2.57 bits per heavy atom. The molecule has 0 amide bonds. The van der Waals surface area contributed by atoms with E-state index in [-0.39, 0.29) is 48.2 Å². The smallest absolute Gasteiger partial charge is 0.140 e. The van der Waals surface area contributed by atoms with Gasteiger partial charge in [-0.25, -0.2) is 9.07 Å².